The van der Waals surface area contributed by atoms with Crippen molar-refractivity contribution >= 4 is 17.7 Å². The number of nitrogens with zero attached hydrogens (tertiary/aromatic N) is 2. The highest BCUT2D eigenvalue weighted by Crippen LogP contribution is 2.51. The van der Waals surface area contributed by atoms with E-state index in [9.17, 15) is 0 Å². The van der Waals surface area contributed by atoms with Gasteiger partial charge in [0, 0.05) is 27.6 Å². The molecule has 2 aromatic rings. The van der Waals surface area contributed by atoms with Crippen molar-refractivity contribution in [2.75, 3.05) is 11.9 Å². The van der Waals surface area contributed by atoms with Crippen LogP contribution in [0.2, 0.25) is 0 Å². The molecule has 20 heavy (non-hydrogen) atoms. The van der Waals surface area contributed by atoms with Crippen LogP contribution < -0.4 is 5.32 Å². The van der Waals surface area contributed by atoms with Gasteiger partial charge < -0.3 is 5.32 Å². The smallest absolute Gasteiger partial charge is 0.223 e. The van der Waals surface area contributed by atoms with E-state index < -0.39 is 0 Å². The molecule has 0 amide bonds. The summed E-state index contributed by atoms with van der Waals surface area (Å²) in [5.41, 5.74) is 2.03. The van der Waals surface area contributed by atoms with Gasteiger partial charge in [-0.1, -0.05) is 18.2 Å². The Bertz CT molecular complexity index is 574. The first kappa shape index (κ1) is 13.4. The molecule has 1 fully saturated rings. The number of hydrogen-bond donors (Lipinski definition) is 1. The zero-order chi connectivity index (χ0) is 14.0. The van der Waals surface area contributed by atoms with E-state index in [1.54, 1.807) is 0 Å². The van der Waals surface area contributed by atoms with E-state index >= 15 is 0 Å². The molecule has 1 aliphatic rings. The lowest BCUT2D eigenvalue weighted by atomic mass is 10.3. The summed E-state index contributed by atoms with van der Waals surface area (Å²) >= 11 is 1.97. The largest absolute Gasteiger partial charge is 0.353 e. The number of thioether (sulfide) groups is 1. The number of aryl methyl sites for hydroxylation is 2. The second kappa shape index (κ2) is 5.44. The molecule has 3 nitrogen and oxygen atoms in total. The van der Waals surface area contributed by atoms with E-state index in [2.05, 4.69) is 45.6 Å². The molecule has 1 aliphatic carbocycles. The molecule has 104 valence electrons. The maximum absolute atomic E-state index is 4.44. The summed E-state index contributed by atoms with van der Waals surface area (Å²) in [5.74, 6) is 0.752. The van der Waals surface area contributed by atoms with Gasteiger partial charge in [0.2, 0.25) is 5.95 Å². The van der Waals surface area contributed by atoms with Crippen molar-refractivity contribution in [3.05, 3.63) is 47.8 Å². The van der Waals surface area contributed by atoms with Gasteiger partial charge in [0.25, 0.3) is 0 Å². The topological polar surface area (TPSA) is 37.8 Å². The molecule has 0 radical (unpaired) electrons. The Balaban J connectivity index is 1.63. The zero-order valence-corrected chi connectivity index (χ0v) is 12.7. The van der Waals surface area contributed by atoms with Crippen LogP contribution in [-0.4, -0.2) is 21.3 Å². The highest BCUT2D eigenvalue weighted by Gasteiger charge is 2.43. The fraction of sp³-hybridized carbons (Fsp3) is 0.375. The van der Waals surface area contributed by atoms with Crippen molar-refractivity contribution in [2.24, 2.45) is 0 Å². The van der Waals surface area contributed by atoms with Crippen molar-refractivity contribution in [2.45, 2.75) is 36.3 Å². The van der Waals surface area contributed by atoms with Gasteiger partial charge in [-0.15, -0.1) is 11.8 Å². The van der Waals surface area contributed by atoms with Gasteiger partial charge >= 0.3 is 0 Å². The molecule has 0 spiro atoms. The number of hydrogen-bond acceptors (Lipinski definition) is 4. The Morgan fingerprint density at radius 3 is 2.35 bits per heavy atom. The molecule has 3 rings (SSSR count). The summed E-state index contributed by atoms with van der Waals surface area (Å²) < 4.78 is 0.322. The van der Waals surface area contributed by atoms with Crippen molar-refractivity contribution < 1.29 is 0 Å². The molecule has 1 saturated carbocycles. The fourth-order valence-corrected chi connectivity index (χ4v) is 3.48. The van der Waals surface area contributed by atoms with Crippen molar-refractivity contribution in [1.29, 1.82) is 0 Å². The van der Waals surface area contributed by atoms with Gasteiger partial charge in [-0.25, -0.2) is 9.97 Å². The Hall–Kier alpha value is -1.55. The first-order valence-corrected chi connectivity index (χ1v) is 7.77. The van der Waals surface area contributed by atoms with E-state index in [4.69, 9.17) is 0 Å². The quantitative estimate of drug-likeness (QED) is 0.906. The predicted octanol–water partition coefficient (Wildman–Crippen LogP) is 3.83. The minimum atomic E-state index is 0.322. The Morgan fingerprint density at radius 2 is 1.75 bits per heavy atom. The minimum Gasteiger partial charge on any atom is -0.353 e. The Morgan fingerprint density at radius 1 is 1.10 bits per heavy atom. The standard InChI is InChI=1S/C16H19N3S/c1-12-10-13(2)19-15(18-12)17-11-16(8-9-16)20-14-6-4-3-5-7-14/h3-7,10H,8-9,11H2,1-2H3,(H,17,18,19). The molecule has 0 unspecified atom stereocenters. The Kier molecular flexibility index (Phi) is 3.66. The van der Waals surface area contributed by atoms with Gasteiger partial charge in [0.05, 0.1) is 0 Å². The van der Waals surface area contributed by atoms with E-state index in [0.29, 0.717) is 4.75 Å². The lowest BCUT2D eigenvalue weighted by Gasteiger charge is -2.16. The second-order valence-corrected chi connectivity index (χ2v) is 6.97. The maximum Gasteiger partial charge on any atom is 0.223 e. The van der Waals surface area contributed by atoms with Gasteiger partial charge in [-0.3, -0.25) is 0 Å². The summed E-state index contributed by atoms with van der Waals surface area (Å²) in [7, 11) is 0. The lowest BCUT2D eigenvalue weighted by Crippen LogP contribution is -2.19. The highest BCUT2D eigenvalue weighted by molar-refractivity contribution is 8.01. The number of aromatic nitrogens is 2. The zero-order valence-electron chi connectivity index (χ0n) is 11.9. The third kappa shape index (κ3) is 3.31. The summed E-state index contributed by atoms with van der Waals surface area (Å²) in [6.45, 7) is 4.94. The first-order valence-electron chi connectivity index (χ1n) is 6.95. The summed E-state index contributed by atoms with van der Waals surface area (Å²) in [5, 5.41) is 3.41. The SMILES string of the molecule is Cc1cc(C)nc(NCC2(Sc3ccccc3)CC2)n1. The van der Waals surface area contributed by atoms with Crippen molar-refractivity contribution in [1.82, 2.24) is 9.97 Å². The average Bonchev–Trinajstić information content (AvgIpc) is 3.17. The average molecular weight is 285 g/mol. The summed E-state index contributed by atoms with van der Waals surface area (Å²) in [6, 6.07) is 12.6. The van der Waals surface area contributed by atoms with Crippen LogP contribution in [0.3, 0.4) is 0 Å². The normalized spacial score (nSPS) is 15.9. The number of nitrogens with one attached hydrogen (secondary N) is 1. The third-order valence-corrected chi connectivity index (χ3v) is 4.93. The molecule has 1 aromatic carbocycles. The van der Waals surface area contributed by atoms with Crippen LogP contribution in [0.15, 0.2) is 41.3 Å². The van der Waals surface area contributed by atoms with Crippen molar-refractivity contribution in [3.63, 3.8) is 0 Å². The molecule has 0 saturated heterocycles. The predicted molar refractivity (Wildman–Crippen MR) is 84.3 cm³/mol. The maximum atomic E-state index is 4.44. The summed E-state index contributed by atoms with van der Waals surface area (Å²) in [4.78, 5) is 10.2. The molecular formula is C16H19N3S. The van der Waals surface area contributed by atoms with Gasteiger partial charge in [0.15, 0.2) is 0 Å². The van der Waals surface area contributed by atoms with Crippen LogP contribution in [0.4, 0.5) is 5.95 Å². The lowest BCUT2D eigenvalue weighted by molar-refractivity contribution is 0.913. The Labute approximate surface area is 124 Å². The van der Waals surface area contributed by atoms with Crippen LogP contribution in [0.1, 0.15) is 24.2 Å². The van der Waals surface area contributed by atoms with Crippen LogP contribution in [0.5, 0.6) is 0 Å². The molecule has 0 atom stereocenters. The van der Waals surface area contributed by atoms with Crippen LogP contribution >= 0.6 is 11.8 Å². The molecular weight excluding hydrogens is 266 g/mol. The van der Waals surface area contributed by atoms with E-state index in [0.717, 1.165) is 23.9 Å². The molecule has 1 N–H and O–H groups in total. The monoisotopic (exact) mass is 285 g/mol. The number of rotatable bonds is 5. The molecule has 0 aliphatic heterocycles. The molecule has 1 heterocycles. The molecule has 4 heteroatoms. The van der Waals surface area contributed by atoms with Gasteiger partial charge in [0.1, 0.15) is 0 Å². The number of benzene rings is 1. The van der Waals surface area contributed by atoms with Crippen LogP contribution in [0.25, 0.3) is 0 Å². The molecule has 0 bridgehead atoms. The number of anilines is 1. The van der Waals surface area contributed by atoms with Gasteiger partial charge in [-0.2, -0.15) is 0 Å². The molecule has 1 aromatic heterocycles. The first-order chi connectivity index (χ1) is 9.65. The van der Waals surface area contributed by atoms with E-state index in [-0.39, 0.29) is 0 Å². The van der Waals surface area contributed by atoms with E-state index in [1.165, 1.54) is 17.7 Å². The van der Waals surface area contributed by atoms with E-state index in [1.807, 2.05) is 31.7 Å². The van der Waals surface area contributed by atoms with Crippen LogP contribution in [0, 0.1) is 13.8 Å². The highest BCUT2D eigenvalue weighted by atomic mass is 32.2. The summed E-state index contributed by atoms with van der Waals surface area (Å²) in [6.07, 6.45) is 2.51. The third-order valence-electron chi connectivity index (χ3n) is 3.44. The fourth-order valence-electron chi connectivity index (χ4n) is 2.24. The second-order valence-electron chi connectivity index (χ2n) is 5.43. The van der Waals surface area contributed by atoms with Crippen LogP contribution in [-0.2, 0) is 0 Å². The van der Waals surface area contributed by atoms with Gasteiger partial charge in [-0.05, 0) is 44.9 Å². The minimum absolute atomic E-state index is 0.322. The van der Waals surface area contributed by atoms with Crippen molar-refractivity contribution in [3.8, 4) is 0 Å².